The van der Waals surface area contributed by atoms with E-state index in [1.807, 2.05) is 4.90 Å². The maximum absolute atomic E-state index is 12.8. The molecule has 1 spiro atoms. The zero-order valence-electron chi connectivity index (χ0n) is 12.7. The summed E-state index contributed by atoms with van der Waals surface area (Å²) in [6.45, 7) is 3.13. The van der Waals surface area contributed by atoms with Gasteiger partial charge in [-0.2, -0.15) is 0 Å². The van der Waals surface area contributed by atoms with Gasteiger partial charge in [-0.25, -0.2) is 0 Å². The van der Waals surface area contributed by atoms with Gasteiger partial charge in [-0.05, 0) is 30.7 Å². The van der Waals surface area contributed by atoms with Gasteiger partial charge in [0.05, 0.1) is 23.4 Å². The van der Waals surface area contributed by atoms with Crippen molar-refractivity contribution in [2.45, 2.75) is 19.3 Å². The van der Waals surface area contributed by atoms with E-state index in [1.165, 1.54) is 7.11 Å². The molecule has 2 saturated heterocycles. The predicted octanol–water partition coefficient (Wildman–Crippen LogP) is 2.57. The lowest BCUT2D eigenvalue weighted by molar-refractivity contribution is 0.0190. The van der Waals surface area contributed by atoms with E-state index in [0.717, 1.165) is 45.6 Å². The zero-order chi connectivity index (χ0) is 15.7. The third-order valence-corrected chi connectivity index (χ3v) is 5.16. The maximum atomic E-state index is 12.8. The van der Waals surface area contributed by atoms with E-state index in [-0.39, 0.29) is 11.3 Å². The molecule has 0 aliphatic carbocycles. The maximum Gasteiger partial charge on any atom is 0.257 e. The van der Waals surface area contributed by atoms with Crippen molar-refractivity contribution in [2.24, 2.45) is 5.41 Å². The largest absolute Gasteiger partial charge is 0.496 e. The van der Waals surface area contributed by atoms with Gasteiger partial charge in [-0.3, -0.25) is 4.79 Å². The van der Waals surface area contributed by atoms with E-state index in [4.69, 9.17) is 26.8 Å². The topological polar surface area (TPSA) is 64.8 Å². The van der Waals surface area contributed by atoms with Crippen LogP contribution in [0.1, 0.15) is 29.6 Å². The Morgan fingerprint density at radius 1 is 1.36 bits per heavy atom. The summed E-state index contributed by atoms with van der Waals surface area (Å²) in [6, 6.07) is 3.21. The lowest BCUT2D eigenvalue weighted by Gasteiger charge is -2.33. The fraction of sp³-hybridized carbons (Fsp3) is 0.562. The van der Waals surface area contributed by atoms with Crippen molar-refractivity contribution in [3.8, 4) is 5.75 Å². The molecule has 22 heavy (non-hydrogen) atoms. The van der Waals surface area contributed by atoms with Gasteiger partial charge in [0, 0.05) is 32.4 Å². The van der Waals surface area contributed by atoms with Crippen molar-refractivity contribution in [3.63, 3.8) is 0 Å². The molecule has 2 aliphatic rings. The quantitative estimate of drug-likeness (QED) is 0.849. The van der Waals surface area contributed by atoms with Crippen LogP contribution in [0.5, 0.6) is 5.75 Å². The van der Waals surface area contributed by atoms with Crippen LogP contribution in [-0.4, -0.2) is 44.2 Å². The number of hydrogen-bond acceptors (Lipinski definition) is 4. The summed E-state index contributed by atoms with van der Waals surface area (Å²) in [5.41, 5.74) is 6.89. The summed E-state index contributed by atoms with van der Waals surface area (Å²) in [4.78, 5) is 14.7. The Bertz CT molecular complexity index is 585. The van der Waals surface area contributed by atoms with Gasteiger partial charge in [0.2, 0.25) is 0 Å². The average Bonchev–Trinajstić information content (AvgIpc) is 2.93. The molecule has 0 aromatic heterocycles. The number of hydrogen-bond donors (Lipinski definition) is 1. The summed E-state index contributed by atoms with van der Waals surface area (Å²) >= 11 is 6.07. The van der Waals surface area contributed by atoms with E-state index < -0.39 is 0 Å². The predicted molar refractivity (Wildman–Crippen MR) is 85.4 cm³/mol. The summed E-state index contributed by atoms with van der Waals surface area (Å²) in [5, 5.41) is 0.379. The van der Waals surface area contributed by atoms with Gasteiger partial charge in [0.1, 0.15) is 5.75 Å². The molecular weight excluding hydrogens is 304 g/mol. The minimum absolute atomic E-state index is 0.0397. The molecule has 2 N–H and O–H groups in total. The lowest BCUT2D eigenvalue weighted by Crippen LogP contribution is -2.35. The van der Waals surface area contributed by atoms with Crippen LogP contribution in [0.2, 0.25) is 5.02 Å². The molecular formula is C16H21ClN2O3. The highest BCUT2D eigenvalue weighted by molar-refractivity contribution is 6.33. The SMILES string of the molecule is COc1cc(N)c(Cl)cc1C(=O)N1CCC2(CCOCC2)C1. The number of nitrogen functional groups attached to an aromatic ring is 1. The van der Waals surface area contributed by atoms with Crippen molar-refractivity contribution in [1.29, 1.82) is 0 Å². The Labute approximate surface area is 135 Å². The van der Waals surface area contributed by atoms with Gasteiger partial charge in [0.25, 0.3) is 5.91 Å². The average molecular weight is 325 g/mol. The first-order valence-electron chi connectivity index (χ1n) is 7.55. The number of rotatable bonds is 2. The second-order valence-corrected chi connectivity index (χ2v) is 6.57. The Morgan fingerprint density at radius 3 is 2.77 bits per heavy atom. The molecule has 2 fully saturated rings. The molecule has 0 radical (unpaired) electrons. The molecule has 0 atom stereocenters. The summed E-state index contributed by atoms with van der Waals surface area (Å²) in [5.74, 6) is 0.432. The van der Waals surface area contributed by atoms with E-state index in [2.05, 4.69) is 0 Å². The standard InChI is InChI=1S/C16H21ClN2O3/c1-21-14-9-13(18)12(17)8-11(14)15(20)19-5-2-16(10-19)3-6-22-7-4-16/h8-9H,2-7,10,18H2,1H3. The number of halogens is 1. The van der Waals surface area contributed by atoms with Crippen molar-refractivity contribution in [3.05, 3.63) is 22.7 Å². The molecule has 6 heteroatoms. The number of nitrogens with two attached hydrogens (primary N) is 1. The highest BCUT2D eigenvalue weighted by atomic mass is 35.5. The second kappa shape index (κ2) is 5.97. The first-order chi connectivity index (χ1) is 10.5. The van der Waals surface area contributed by atoms with Crippen molar-refractivity contribution in [2.75, 3.05) is 39.1 Å². The molecule has 0 bridgehead atoms. The number of amides is 1. The number of carbonyl (C=O) groups is 1. The van der Waals surface area contributed by atoms with Gasteiger partial charge < -0.3 is 20.1 Å². The van der Waals surface area contributed by atoms with Crippen LogP contribution in [0.4, 0.5) is 5.69 Å². The van der Waals surface area contributed by atoms with Crippen molar-refractivity contribution >= 4 is 23.2 Å². The molecule has 0 unspecified atom stereocenters. The highest BCUT2D eigenvalue weighted by Crippen LogP contribution is 2.41. The third-order valence-electron chi connectivity index (χ3n) is 4.83. The first-order valence-corrected chi connectivity index (χ1v) is 7.92. The van der Waals surface area contributed by atoms with E-state index >= 15 is 0 Å². The number of carbonyl (C=O) groups excluding carboxylic acids is 1. The molecule has 2 heterocycles. The van der Waals surface area contributed by atoms with Gasteiger partial charge in [0.15, 0.2) is 0 Å². The highest BCUT2D eigenvalue weighted by Gasteiger charge is 2.41. The van der Waals surface area contributed by atoms with Crippen LogP contribution in [0, 0.1) is 5.41 Å². The van der Waals surface area contributed by atoms with E-state index in [0.29, 0.717) is 22.0 Å². The van der Waals surface area contributed by atoms with Gasteiger partial charge >= 0.3 is 0 Å². The van der Waals surface area contributed by atoms with Crippen molar-refractivity contribution < 1.29 is 14.3 Å². The Hall–Kier alpha value is -1.46. The van der Waals surface area contributed by atoms with Crippen LogP contribution >= 0.6 is 11.6 Å². The molecule has 1 aromatic carbocycles. The fourth-order valence-corrected chi connectivity index (χ4v) is 3.56. The number of nitrogens with zero attached hydrogens (tertiary/aromatic N) is 1. The Kier molecular flexibility index (Phi) is 4.19. The fourth-order valence-electron chi connectivity index (χ4n) is 3.40. The molecule has 2 aliphatic heterocycles. The summed E-state index contributed by atoms with van der Waals surface area (Å²) in [6.07, 6.45) is 3.08. The lowest BCUT2D eigenvalue weighted by atomic mass is 9.80. The Balaban J connectivity index is 1.81. The molecule has 120 valence electrons. The second-order valence-electron chi connectivity index (χ2n) is 6.16. The van der Waals surface area contributed by atoms with Gasteiger partial charge in [-0.1, -0.05) is 11.6 Å². The van der Waals surface area contributed by atoms with Crippen LogP contribution in [0.25, 0.3) is 0 Å². The van der Waals surface area contributed by atoms with Gasteiger partial charge in [-0.15, -0.1) is 0 Å². The normalized spacial score (nSPS) is 20.4. The number of likely N-dealkylation sites (tertiary alicyclic amines) is 1. The van der Waals surface area contributed by atoms with Crippen LogP contribution in [0.15, 0.2) is 12.1 Å². The molecule has 1 aromatic rings. The van der Waals surface area contributed by atoms with E-state index in [9.17, 15) is 4.79 Å². The van der Waals surface area contributed by atoms with Crippen LogP contribution in [0.3, 0.4) is 0 Å². The first kappa shape index (κ1) is 15.4. The monoisotopic (exact) mass is 324 g/mol. The number of ether oxygens (including phenoxy) is 2. The third kappa shape index (κ3) is 2.75. The van der Waals surface area contributed by atoms with Crippen molar-refractivity contribution in [1.82, 2.24) is 4.90 Å². The number of methoxy groups -OCH3 is 1. The summed E-state index contributed by atoms with van der Waals surface area (Å²) in [7, 11) is 1.53. The minimum atomic E-state index is -0.0397. The van der Waals surface area contributed by atoms with Crippen LogP contribution in [-0.2, 0) is 4.74 Å². The smallest absolute Gasteiger partial charge is 0.257 e. The van der Waals surface area contributed by atoms with Crippen LogP contribution < -0.4 is 10.5 Å². The molecule has 3 rings (SSSR count). The summed E-state index contributed by atoms with van der Waals surface area (Å²) < 4.78 is 10.7. The molecule has 5 nitrogen and oxygen atoms in total. The Morgan fingerprint density at radius 2 is 2.09 bits per heavy atom. The number of anilines is 1. The number of benzene rings is 1. The molecule has 1 amide bonds. The molecule has 0 saturated carbocycles. The zero-order valence-corrected chi connectivity index (χ0v) is 13.5. The van der Waals surface area contributed by atoms with E-state index in [1.54, 1.807) is 12.1 Å². The minimum Gasteiger partial charge on any atom is -0.496 e.